The number of carbonyl (C=O) groups is 1. The van der Waals surface area contributed by atoms with Crippen molar-refractivity contribution in [3.63, 3.8) is 0 Å². The van der Waals surface area contributed by atoms with Crippen LogP contribution in [0.4, 0.5) is 0 Å². The molecule has 0 spiro atoms. The fourth-order valence-corrected chi connectivity index (χ4v) is 2.27. The molecular formula is C13H18N2O. The fraction of sp³-hybridized carbons (Fsp3) is 0.462. The van der Waals surface area contributed by atoms with Crippen LogP contribution in [0.25, 0.3) is 0 Å². The van der Waals surface area contributed by atoms with Crippen LogP contribution in [0, 0.1) is 0 Å². The quantitative estimate of drug-likeness (QED) is 0.808. The van der Waals surface area contributed by atoms with Gasteiger partial charge in [0.2, 0.25) is 5.91 Å². The van der Waals surface area contributed by atoms with Crippen LogP contribution >= 0.6 is 0 Å². The summed E-state index contributed by atoms with van der Waals surface area (Å²) in [6, 6.07) is 8.15. The smallest absolute Gasteiger partial charge is 0.220 e. The van der Waals surface area contributed by atoms with Crippen molar-refractivity contribution in [1.82, 2.24) is 5.32 Å². The van der Waals surface area contributed by atoms with Crippen molar-refractivity contribution in [2.45, 2.75) is 38.3 Å². The van der Waals surface area contributed by atoms with Crippen molar-refractivity contribution in [2.75, 3.05) is 0 Å². The van der Waals surface area contributed by atoms with E-state index in [9.17, 15) is 4.79 Å². The van der Waals surface area contributed by atoms with Gasteiger partial charge in [-0.3, -0.25) is 4.79 Å². The lowest BCUT2D eigenvalue weighted by molar-refractivity contribution is -0.121. The van der Waals surface area contributed by atoms with E-state index < -0.39 is 0 Å². The summed E-state index contributed by atoms with van der Waals surface area (Å²) in [4.78, 5) is 11.5. The Morgan fingerprint density at radius 3 is 2.94 bits per heavy atom. The first-order chi connectivity index (χ1) is 7.72. The van der Waals surface area contributed by atoms with E-state index in [-0.39, 0.29) is 18.0 Å². The summed E-state index contributed by atoms with van der Waals surface area (Å²) >= 11 is 0. The average molecular weight is 218 g/mol. The molecule has 0 fully saturated rings. The minimum atomic E-state index is -0.0583. The van der Waals surface area contributed by atoms with Gasteiger partial charge in [-0.25, -0.2) is 0 Å². The van der Waals surface area contributed by atoms with E-state index in [0.29, 0.717) is 6.42 Å². The molecule has 86 valence electrons. The molecule has 1 amide bonds. The molecular weight excluding hydrogens is 200 g/mol. The molecule has 0 unspecified atom stereocenters. The second-order valence-electron chi connectivity index (χ2n) is 4.35. The lowest BCUT2D eigenvalue weighted by Gasteiger charge is -2.17. The minimum Gasteiger partial charge on any atom is -0.351 e. The van der Waals surface area contributed by atoms with Gasteiger partial charge in [0.05, 0.1) is 12.1 Å². The highest BCUT2D eigenvalue weighted by Crippen LogP contribution is 2.29. The third-order valence-corrected chi connectivity index (χ3v) is 3.11. The van der Waals surface area contributed by atoms with Gasteiger partial charge in [-0.1, -0.05) is 31.2 Å². The highest BCUT2D eigenvalue weighted by atomic mass is 16.1. The molecule has 16 heavy (non-hydrogen) atoms. The second-order valence-corrected chi connectivity index (χ2v) is 4.35. The number of fused-ring (bicyclic) bond motifs is 1. The van der Waals surface area contributed by atoms with Gasteiger partial charge >= 0.3 is 0 Å². The molecule has 0 saturated heterocycles. The number of nitrogens with two attached hydrogens (primary N) is 1. The lowest BCUT2D eigenvalue weighted by Crippen LogP contribution is -2.40. The molecule has 0 aromatic heterocycles. The monoisotopic (exact) mass is 218 g/mol. The molecule has 2 rings (SSSR count). The number of hydrogen-bond donors (Lipinski definition) is 2. The third kappa shape index (κ3) is 2.09. The number of benzene rings is 1. The average Bonchev–Trinajstić information content (AvgIpc) is 2.57. The Labute approximate surface area is 96.0 Å². The number of hydrogen-bond acceptors (Lipinski definition) is 2. The van der Waals surface area contributed by atoms with Gasteiger partial charge < -0.3 is 11.1 Å². The topological polar surface area (TPSA) is 55.1 Å². The minimum absolute atomic E-state index is 0.0583. The molecule has 3 heteroatoms. The molecule has 1 aromatic rings. The number of carbonyl (C=O) groups excluding carboxylic acids is 1. The number of rotatable bonds is 3. The van der Waals surface area contributed by atoms with E-state index in [2.05, 4.69) is 11.4 Å². The third-order valence-electron chi connectivity index (χ3n) is 3.11. The van der Waals surface area contributed by atoms with Gasteiger partial charge in [0, 0.05) is 6.42 Å². The molecule has 1 aliphatic rings. The van der Waals surface area contributed by atoms with Gasteiger partial charge in [-0.15, -0.1) is 0 Å². The van der Waals surface area contributed by atoms with Crippen LogP contribution in [0.15, 0.2) is 24.3 Å². The predicted molar refractivity (Wildman–Crippen MR) is 63.9 cm³/mol. The van der Waals surface area contributed by atoms with Gasteiger partial charge in [0.1, 0.15) is 0 Å². The van der Waals surface area contributed by atoms with Crippen LogP contribution in [0.5, 0.6) is 0 Å². The summed E-state index contributed by atoms with van der Waals surface area (Å²) in [5.41, 5.74) is 8.55. The Kier molecular flexibility index (Phi) is 3.25. The Morgan fingerprint density at radius 1 is 1.50 bits per heavy atom. The highest BCUT2D eigenvalue weighted by molar-refractivity contribution is 5.76. The summed E-state index contributed by atoms with van der Waals surface area (Å²) in [7, 11) is 0. The van der Waals surface area contributed by atoms with E-state index >= 15 is 0 Å². The van der Waals surface area contributed by atoms with Gasteiger partial charge in [0.15, 0.2) is 0 Å². The Morgan fingerprint density at radius 2 is 2.25 bits per heavy atom. The second kappa shape index (κ2) is 4.66. The largest absolute Gasteiger partial charge is 0.351 e. The first-order valence-corrected chi connectivity index (χ1v) is 5.85. The molecule has 0 saturated carbocycles. The Balaban J connectivity index is 2.04. The zero-order chi connectivity index (χ0) is 11.5. The molecule has 0 radical (unpaired) electrons. The summed E-state index contributed by atoms with van der Waals surface area (Å²) < 4.78 is 0. The molecule has 2 atom stereocenters. The van der Waals surface area contributed by atoms with Crippen LogP contribution < -0.4 is 11.1 Å². The summed E-state index contributed by atoms with van der Waals surface area (Å²) in [6.45, 7) is 2.00. The standard InChI is InChI=1S/C13H18N2O/c1-2-5-12(16)15-11-8-9-6-3-4-7-10(9)13(11)14/h3-4,6-7,11,13H,2,5,8,14H2,1H3,(H,15,16)/t11-,13-/m0/s1. The fourth-order valence-electron chi connectivity index (χ4n) is 2.27. The lowest BCUT2D eigenvalue weighted by atomic mass is 10.1. The van der Waals surface area contributed by atoms with Crippen LogP contribution in [-0.4, -0.2) is 11.9 Å². The first kappa shape index (κ1) is 11.1. The number of amides is 1. The summed E-state index contributed by atoms with van der Waals surface area (Å²) in [6.07, 6.45) is 2.31. The van der Waals surface area contributed by atoms with Gasteiger partial charge in [-0.2, -0.15) is 0 Å². The van der Waals surface area contributed by atoms with E-state index in [0.717, 1.165) is 12.8 Å². The molecule has 1 aromatic carbocycles. The van der Waals surface area contributed by atoms with Crippen LogP contribution in [0.2, 0.25) is 0 Å². The van der Waals surface area contributed by atoms with Crippen LogP contribution in [0.1, 0.15) is 36.9 Å². The highest BCUT2D eigenvalue weighted by Gasteiger charge is 2.29. The van der Waals surface area contributed by atoms with Gasteiger partial charge in [0.25, 0.3) is 0 Å². The number of nitrogens with one attached hydrogen (secondary N) is 1. The maximum atomic E-state index is 11.5. The van der Waals surface area contributed by atoms with Crippen molar-refractivity contribution in [3.05, 3.63) is 35.4 Å². The van der Waals surface area contributed by atoms with Crippen molar-refractivity contribution >= 4 is 5.91 Å². The van der Waals surface area contributed by atoms with Gasteiger partial charge in [-0.05, 0) is 24.0 Å². The summed E-state index contributed by atoms with van der Waals surface area (Å²) in [5.74, 6) is 0.107. The predicted octanol–water partition coefficient (Wildman–Crippen LogP) is 1.53. The van der Waals surface area contributed by atoms with Crippen molar-refractivity contribution in [1.29, 1.82) is 0 Å². The van der Waals surface area contributed by atoms with Crippen molar-refractivity contribution < 1.29 is 4.79 Å². The zero-order valence-corrected chi connectivity index (χ0v) is 9.57. The van der Waals surface area contributed by atoms with E-state index in [1.807, 2.05) is 25.1 Å². The normalized spacial score (nSPS) is 22.9. The summed E-state index contributed by atoms with van der Waals surface area (Å²) in [5, 5.41) is 3.01. The maximum absolute atomic E-state index is 11.5. The first-order valence-electron chi connectivity index (χ1n) is 5.85. The van der Waals surface area contributed by atoms with Crippen LogP contribution in [0.3, 0.4) is 0 Å². The molecule has 3 N–H and O–H groups in total. The van der Waals surface area contributed by atoms with Crippen molar-refractivity contribution in [2.24, 2.45) is 5.73 Å². The molecule has 3 nitrogen and oxygen atoms in total. The van der Waals surface area contributed by atoms with E-state index in [4.69, 9.17) is 5.73 Å². The zero-order valence-electron chi connectivity index (χ0n) is 9.57. The molecule has 0 bridgehead atoms. The SMILES string of the molecule is CCCC(=O)N[C@H]1Cc2ccccc2[C@@H]1N. The van der Waals surface area contributed by atoms with Crippen molar-refractivity contribution in [3.8, 4) is 0 Å². The van der Waals surface area contributed by atoms with E-state index in [1.54, 1.807) is 0 Å². The Hall–Kier alpha value is -1.35. The maximum Gasteiger partial charge on any atom is 0.220 e. The van der Waals surface area contributed by atoms with Crippen LogP contribution in [-0.2, 0) is 11.2 Å². The Bertz CT molecular complexity index is 389. The van der Waals surface area contributed by atoms with E-state index in [1.165, 1.54) is 11.1 Å². The molecule has 0 aliphatic heterocycles. The molecule has 0 heterocycles. The molecule has 1 aliphatic carbocycles.